The third kappa shape index (κ3) is 2.48. The molecule has 0 saturated heterocycles. The summed E-state index contributed by atoms with van der Waals surface area (Å²) in [5.74, 6) is 0.341. The highest BCUT2D eigenvalue weighted by molar-refractivity contribution is 5.40. The molecule has 78 valence electrons. The predicted molar refractivity (Wildman–Crippen MR) is 59.6 cm³/mol. The Hall–Kier alpha value is -1.02. The molecule has 2 nitrogen and oxygen atoms in total. The molecule has 1 aromatic carbocycles. The first kappa shape index (κ1) is 11.1. The van der Waals surface area contributed by atoms with Crippen molar-refractivity contribution in [3.05, 3.63) is 28.8 Å². The number of hydrogen-bond donors (Lipinski definition) is 2. The Morgan fingerprint density at radius 3 is 2.21 bits per heavy atom. The first-order valence-corrected chi connectivity index (χ1v) is 5.09. The minimum atomic E-state index is 0.219. The Morgan fingerprint density at radius 2 is 1.79 bits per heavy atom. The van der Waals surface area contributed by atoms with E-state index >= 15 is 0 Å². The van der Waals surface area contributed by atoms with Crippen LogP contribution in [0.25, 0.3) is 0 Å². The molecule has 0 aliphatic heterocycles. The van der Waals surface area contributed by atoms with Crippen LogP contribution < -0.4 is 5.73 Å². The van der Waals surface area contributed by atoms with Crippen molar-refractivity contribution in [1.29, 1.82) is 0 Å². The van der Waals surface area contributed by atoms with Crippen LogP contribution in [0.5, 0.6) is 5.75 Å². The normalized spacial score (nSPS) is 12.9. The highest BCUT2D eigenvalue weighted by Gasteiger charge is 2.08. The maximum atomic E-state index is 9.38. The van der Waals surface area contributed by atoms with Gasteiger partial charge in [-0.2, -0.15) is 0 Å². The fraction of sp³-hybridized carbons (Fsp3) is 0.500. The summed E-state index contributed by atoms with van der Waals surface area (Å²) in [5, 5.41) is 9.38. The van der Waals surface area contributed by atoms with Crippen LogP contribution >= 0.6 is 0 Å². The molecule has 0 saturated carbocycles. The van der Waals surface area contributed by atoms with Gasteiger partial charge in [-0.3, -0.25) is 0 Å². The van der Waals surface area contributed by atoms with Crippen molar-refractivity contribution >= 4 is 0 Å². The first-order chi connectivity index (χ1) is 6.54. The minimum Gasteiger partial charge on any atom is -0.508 e. The zero-order chi connectivity index (χ0) is 10.7. The van der Waals surface area contributed by atoms with Crippen molar-refractivity contribution < 1.29 is 5.11 Å². The predicted octanol–water partition coefficient (Wildman–Crippen LogP) is 2.29. The third-order valence-corrected chi connectivity index (χ3v) is 2.67. The van der Waals surface area contributed by atoms with Crippen LogP contribution in [0.2, 0.25) is 0 Å². The van der Waals surface area contributed by atoms with Gasteiger partial charge in [-0.1, -0.05) is 6.92 Å². The van der Waals surface area contributed by atoms with E-state index < -0.39 is 0 Å². The molecule has 0 aliphatic rings. The maximum absolute atomic E-state index is 9.38. The number of phenolic OH excluding ortho intramolecular Hbond substituents is 1. The van der Waals surface area contributed by atoms with Gasteiger partial charge in [0.1, 0.15) is 5.75 Å². The fourth-order valence-corrected chi connectivity index (χ4v) is 1.70. The Kier molecular flexibility index (Phi) is 3.53. The van der Waals surface area contributed by atoms with E-state index in [1.807, 2.05) is 13.8 Å². The molecule has 0 radical (unpaired) electrons. The number of phenols is 1. The van der Waals surface area contributed by atoms with Crippen LogP contribution in [0.3, 0.4) is 0 Å². The SMILES string of the molecule is CCC(N)Cc1c(C)cc(O)cc1C. The summed E-state index contributed by atoms with van der Waals surface area (Å²) in [6, 6.07) is 3.81. The molecular formula is C12H19NO. The van der Waals surface area contributed by atoms with Crippen molar-refractivity contribution in [3.8, 4) is 5.75 Å². The number of rotatable bonds is 3. The average Bonchev–Trinajstić information content (AvgIpc) is 2.10. The van der Waals surface area contributed by atoms with Crippen LogP contribution in [-0.2, 0) is 6.42 Å². The second kappa shape index (κ2) is 4.47. The average molecular weight is 193 g/mol. The lowest BCUT2D eigenvalue weighted by Gasteiger charge is -2.14. The molecule has 0 bridgehead atoms. The van der Waals surface area contributed by atoms with Crippen LogP contribution in [-0.4, -0.2) is 11.1 Å². The van der Waals surface area contributed by atoms with E-state index in [9.17, 15) is 5.11 Å². The second-order valence-corrected chi connectivity index (χ2v) is 3.93. The number of aryl methyl sites for hydroxylation is 2. The first-order valence-electron chi connectivity index (χ1n) is 5.09. The summed E-state index contributed by atoms with van der Waals surface area (Å²) < 4.78 is 0. The fourth-order valence-electron chi connectivity index (χ4n) is 1.70. The van der Waals surface area contributed by atoms with Gasteiger partial charge in [0, 0.05) is 6.04 Å². The molecular weight excluding hydrogens is 174 g/mol. The lowest BCUT2D eigenvalue weighted by molar-refractivity contribution is 0.474. The van der Waals surface area contributed by atoms with Gasteiger partial charge in [0.25, 0.3) is 0 Å². The Labute approximate surface area is 85.8 Å². The molecule has 0 amide bonds. The maximum Gasteiger partial charge on any atom is 0.116 e. The van der Waals surface area contributed by atoms with E-state index in [1.54, 1.807) is 12.1 Å². The molecule has 14 heavy (non-hydrogen) atoms. The van der Waals surface area contributed by atoms with Gasteiger partial charge in [0.05, 0.1) is 0 Å². The summed E-state index contributed by atoms with van der Waals surface area (Å²) >= 11 is 0. The molecule has 1 aromatic rings. The molecule has 0 aromatic heterocycles. The summed E-state index contributed by atoms with van der Waals surface area (Å²) in [4.78, 5) is 0. The molecule has 0 fully saturated rings. The monoisotopic (exact) mass is 193 g/mol. The Balaban J connectivity index is 2.96. The zero-order valence-corrected chi connectivity index (χ0v) is 9.17. The van der Waals surface area contributed by atoms with Crippen molar-refractivity contribution in [3.63, 3.8) is 0 Å². The van der Waals surface area contributed by atoms with Gasteiger partial charge in [0.2, 0.25) is 0 Å². The van der Waals surface area contributed by atoms with E-state index in [4.69, 9.17) is 5.73 Å². The highest BCUT2D eigenvalue weighted by atomic mass is 16.3. The quantitative estimate of drug-likeness (QED) is 0.773. The smallest absolute Gasteiger partial charge is 0.116 e. The number of aromatic hydroxyl groups is 1. The van der Waals surface area contributed by atoms with E-state index in [0.717, 1.165) is 24.0 Å². The lowest BCUT2D eigenvalue weighted by Crippen LogP contribution is -2.22. The van der Waals surface area contributed by atoms with Crippen molar-refractivity contribution in [1.82, 2.24) is 0 Å². The van der Waals surface area contributed by atoms with Gasteiger partial charge in [-0.15, -0.1) is 0 Å². The van der Waals surface area contributed by atoms with E-state index in [1.165, 1.54) is 5.56 Å². The highest BCUT2D eigenvalue weighted by Crippen LogP contribution is 2.21. The molecule has 1 rings (SSSR count). The van der Waals surface area contributed by atoms with Gasteiger partial charge < -0.3 is 10.8 Å². The number of hydrogen-bond acceptors (Lipinski definition) is 2. The molecule has 1 atom stereocenters. The standard InChI is InChI=1S/C12H19NO/c1-4-10(13)7-12-8(2)5-11(14)6-9(12)3/h5-6,10,14H,4,7,13H2,1-3H3. The zero-order valence-electron chi connectivity index (χ0n) is 9.17. The lowest BCUT2D eigenvalue weighted by atomic mass is 9.95. The Bertz CT molecular complexity index is 297. The van der Waals surface area contributed by atoms with Crippen LogP contribution in [0.4, 0.5) is 0 Å². The van der Waals surface area contributed by atoms with Crippen molar-refractivity contribution in [2.45, 2.75) is 39.7 Å². The topological polar surface area (TPSA) is 46.2 Å². The number of nitrogens with two attached hydrogens (primary N) is 1. The summed E-state index contributed by atoms with van der Waals surface area (Å²) in [7, 11) is 0. The van der Waals surface area contributed by atoms with Crippen LogP contribution in [0, 0.1) is 13.8 Å². The van der Waals surface area contributed by atoms with Crippen molar-refractivity contribution in [2.24, 2.45) is 5.73 Å². The molecule has 0 heterocycles. The van der Waals surface area contributed by atoms with Crippen LogP contribution in [0.15, 0.2) is 12.1 Å². The Morgan fingerprint density at radius 1 is 1.29 bits per heavy atom. The van der Waals surface area contributed by atoms with Gasteiger partial charge in [-0.25, -0.2) is 0 Å². The number of benzene rings is 1. The second-order valence-electron chi connectivity index (χ2n) is 3.93. The molecule has 0 spiro atoms. The van der Waals surface area contributed by atoms with Gasteiger partial charge in [-0.05, 0) is 55.5 Å². The largest absolute Gasteiger partial charge is 0.508 e. The molecule has 0 aliphatic carbocycles. The van der Waals surface area contributed by atoms with Crippen molar-refractivity contribution in [2.75, 3.05) is 0 Å². The summed E-state index contributed by atoms with van der Waals surface area (Å²) in [6.07, 6.45) is 1.88. The molecule has 2 heteroatoms. The van der Waals surface area contributed by atoms with E-state index in [0.29, 0.717) is 5.75 Å². The van der Waals surface area contributed by atoms with E-state index in [-0.39, 0.29) is 6.04 Å². The van der Waals surface area contributed by atoms with Gasteiger partial charge in [0.15, 0.2) is 0 Å². The third-order valence-electron chi connectivity index (χ3n) is 2.67. The van der Waals surface area contributed by atoms with E-state index in [2.05, 4.69) is 6.92 Å². The molecule has 1 unspecified atom stereocenters. The summed E-state index contributed by atoms with van der Waals surface area (Å²) in [6.45, 7) is 6.13. The minimum absolute atomic E-state index is 0.219. The molecule has 3 N–H and O–H groups in total. The summed E-state index contributed by atoms with van der Waals surface area (Å²) in [5.41, 5.74) is 9.46. The van der Waals surface area contributed by atoms with Gasteiger partial charge >= 0.3 is 0 Å². The van der Waals surface area contributed by atoms with Crippen LogP contribution in [0.1, 0.15) is 30.0 Å².